The number of benzene rings is 2. The minimum atomic E-state index is -0.250. The molecule has 0 aliphatic carbocycles. The molecule has 0 saturated carbocycles. The molecule has 0 aromatic heterocycles. The van der Waals surface area contributed by atoms with Crippen LogP contribution in [0.5, 0.6) is 0 Å². The second-order valence-electron chi connectivity index (χ2n) is 5.24. The highest BCUT2D eigenvalue weighted by atomic mass is 16.2. The van der Waals surface area contributed by atoms with Crippen molar-refractivity contribution in [2.45, 2.75) is 13.3 Å². The maximum atomic E-state index is 12.3. The Kier molecular flexibility index (Phi) is 5.31. The fraction of sp³-hybridized carbons (Fsp3) is 0.222. The first-order chi connectivity index (χ1) is 10.6. The van der Waals surface area contributed by atoms with Crippen LogP contribution in [-0.4, -0.2) is 18.9 Å². The molecule has 0 aliphatic heterocycles. The van der Waals surface area contributed by atoms with Gasteiger partial charge in [0.1, 0.15) is 0 Å². The molecule has 2 amide bonds. The summed E-state index contributed by atoms with van der Waals surface area (Å²) in [5.74, 6) is 0.0633. The van der Waals surface area contributed by atoms with Gasteiger partial charge in [-0.1, -0.05) is 49.4 Å². The molecule has 1 unspecified atom stereocenters. The van der Waals surface area contributed by atoms with Crippen LogP contribution in [0.15, 0.2) is 54.6 Å². The van der Waals surface area contributed by atoms with Gasteiger partial charge >= 0.3 is 6.03 Å². The van der Waals surface area contributed by atoms with Crippen LogP contribution in [-0.2, 0) is 6.42 Å². The van der Waals surface area contributed by atoms with E-state index in [1.165, 1.54) is 0 Å². The molecule has 4 nitrogen and oxygen atoms in total. The molecule has 2 aromatic rings. The molecule has 4 heteroatoms. The molecule has 0 bridgehead atoms. The van der Waals surface area contributed by atoms with Crippen molar-refractivity contribution in [3.63, 3.8) is 0 Å². The Morgan fingerprint density at radius 3 is 2.23 bits per heavy atom. The van der Waals surface area contributed by atoms with Crippen LogP contribution < -0.4 is 10.6 Å². The van der Waals surface area contributed by atoms with Gasteiger partial charge in [0.15, 0.2) is 5.78 Å². The molecule has 0 heterocycles. The van der Waals surface area contributed by atoms with Crippen LogP contribution in [0.25, 0.3) is 0 Å². The third kappa shape index (κ3) is 4.19. The second-order valence-corrected chi connectivity index (χ2v) is 5.24. The molecule has 2 rings (SSSR count). The quantitative estimate of drug-likeness (QED) is 0.830. The van der Waals surface area contributed by atoms with E-state index < -0.39 is 0 Å². The largest absolute Gasteiger partial charge is 0.341 e. The summed E-state index contributed by atoms with van der Waals surface area (Å²) in [6, 6.07) is 16.6. The Morgan fingerprint density at radius 1 is 1.00 bits per heavy atom. The summed E-state index contributed by atoms with van der Waals surface area (Å²) >= 11 is 0. The summed E-state index contributed by atoms with van der Waals surface area (Å²) in [6.07, 6.45) is 0.675. The van der Waals surface area contributed by atoms with E-state index in [2.05, 4.69) is 10.6 Å². The van der Waals surface area contributed by atoms with E-state index in [1.807, 2.05) is 61.5 Å². The lowest BCUT2D eigenvalue weighted by atomic mass is 9.93. The Labute approximate surface area is 130 Å². The number of urea groups is 1. The number of hydrogen-bond acceptors (Lipinski definition) is 2. The van der Waals surface area contributed by atoms with Crippen molar-refractivity contribution >= 4 is 17.5 Å². The van der Waals surface area contributed by atoms with E-state index in [1.54, 1.807) is 7.05 Å². The number of amides is 2. The van der Waals surface area contributed by atoms with E-state index >= 15 is 0 Å². The number of anilines is 1. The molecular formula is C18H20N2O2. The molecular weight excluding hydrogens is 276 g/mol. The van der Waals surface area contributed by atoms with Crippen molar-refractivity contribution in [2.24, 2.45) is 5.92 Å². The molecule has 2 aromatic carbocycles. The summed E-state index contributed by atoms with van der Waals surface area (Å²) in [4.78, 5) is 23.6. The van der Waals surface area contributed by atoms with Crippen LogP contribution in [0.1, 0.15) is 22.8 Å². The van der Waals surface area contributed by atoms with Crippen LogP contribution >= 0.6 is 0 Å². The molecule has 0 aliphatic rings. The second kappa shape index (κ2) is 7.41. The molecule has 114 valence electrons. The monoisotopic (exact) mass is 296 g/mol. The van der Waals surface area contributed by atoms with E-state index in [9.17, 15) is 9.59 Å². The topological polar surface area (TPSA) is 58.2 Å². The minimum Gasteiger partial charge on any atom is -0.341 e. The zero-order chi connectivity index (χ0) is 15.9. The number of Topliss-reactive ketones (excluding diaryl/α,β-unsaturated/α-hetero) is 1. The molecule has 1 atom stereocenters. The third-order valence-electron chi connectivity index (χ3n) is 3.49. The highest BCUT2D eigenvalue weighted by molar-refractivity contribution is 5.97. The lowest BCUT2D eigenvalue weighted by Gasteiger charge is -2.11. The normalized spacial score (nSPS) is 11.5. The third-order valence-corrected chi connectivity index (χ3v) is 3.49. The highest BCUT2D eigenvalue weighted by Gasteiger charge is 2.15. The Hall–Kier alpha value is -2.62. The van der Waals surface area contributed by atoms with Gasteiger partial charge in [0, 0.05) is 24.2 Å². The van der Waals surface area contributed by atoms with Gasteiger partial charge in [-0.15, -0.1) is 0 Å². The van der Waals surface area contributed by atoms with E-state index in [0.29, 0.717) is 6.42 Å². The van der Waals surface area contributed by atoms with Gasteiger partial charge in [0.05, 0.1) is 0 Å². The number of ketones is 1. The molecule has 0 saturated heterocycles. The van der Waals surface area contributed by atoms with Gasteiger partial charge in [0.25, 0.3) is 0 Å². The standard InChI is InChI=1S/C18H20N2O2/c1-13(17(21)15-6-4-3-5-7-15)12-14-8-10-16(11-9-14)20-18(22)19-2/h3-11,13H,12H2,1-2H3,(H2,19,20,22). The molecule has 2 N–H and O–H groups in total. The fourth-order valence-electron chi connectivity index (χ4n) is 2.25. The predicted octanol–water partition coefficient (Wildman–Crippen LogP) is 3.50. The molecule has 0 radical (unpaired) electrons. The first-order valence-electron chi connectivity index (χ1n) is 7.27. The maximum absolute atomic E-state index is 12.3. The van der Waals surface area contributed by atoms with Gasteiger partial charge in [-0.05, 0) is 24.1 Å². The smallest absolute Gasteiger partial charge is 0.318 e. The fourth-order valence-corrected chi connectivity index (χ4v) is 2.25. The van der Waals surface area contributed by atoms with Crippen LogP contribution in [0.2, 0.25) is 0 Å². The van der Waals surface area contributed by atoms with Crippen LogP contribution in [0.3, 0.4) is 0 Å². The van der Waals surface area contributed by atoms with Crippen LogP contribution in [0, 0.1) is 5.92 Å². The summed E-state index contributed by atoms with van der Waals surface area (Å²) < 4.78 is 0. The SMILES string of the molecule is CNC(=O)Nc1ccc(CC(C)C(=O)c2ccccc2)cc1. The van der Waals surface area contributed by atoms with Gasteiger partial charge in [-0.25, -0.2) is 4.79 Å². The van der Waals surface area contributed by atoms with Crippen molar-refractivity contribution in [1.29, 1.82) is 0 Å². The zero-order valence-electron chi connectivity index (χ0n) is 12.8. The van der Waals surface area contributed by atoms with Gasteiger partial charge in [-0.2, -0.15) is 0 Å². The first kappa shape index (κ1) is 15.8. The van der Waals surface area contributed by atoms with Crippen molar-refractivity contribution in [2.75, 3.05) is 12.4 Å². The maximum Gasteiger partial charge on any atom is 0.318 e. The minimum absolute atomic E-state index is 0.0832. The molecule has 0 spiro atoms. The van der Waals surface area contributed by atoms with Gasteiger partial charge in [0.2, 0.25) is 0 Å². The van der Waals surface area contributed by atoms with E-state index in [0.717, 1.165) is 16.8 Å². The van der Waals surface area contributed by atoms with Gasteiger partial charge < -0.3 is 10.6 Å². The van der Waals surface area contributed by atoms with E-state index in [-0.39, 0.29) is 17.7 Å². The summed E-state index contributed by atoms with van der Waals surface area (Å²) in [5, 5.41) is 5.20. The molecule has 0 fully saturated rings. The zero-order valence-corrected chi connectivity index (χ0v) is 12.8. The van der Waals surface area contributed by atoms with Crippen molar-refractivity contribution in [1.82, 2.24) is 5.32 Å². The van der Waals surface area contributed by atoms with Gasteiger partial charge in [-0.3, -0.25) is 4.79 Å². The Bertz CT molecular complexity index is 636. The lowest BCUT2D eigenvalue weighted by Crippen LogP contribution is -2.24. The summed E-state index contributed by atoms with van der Waals surface area (Å²) in [7, 11) is 1.57. The molecule has 22 heavy (non-hydrogen) atoms. The number of carbonyl (C=O) groups excluding carboxylic acids is 2. The number of rotatable bonds is 5. The van der Waals surface area contributed by atoms with Crippen molar-refractivity contribution in [3.8, 4) is 0 Å². The lowest BCUT2D eigenvalue weighted by molar-refractivity contribution is 0.0929. The Morgan fingerprint density at radius 2 is 1.64 bits per heavy atom. The number of nitrogens with one attached hydrogen (secondary N) is 2. The number of carbonyl (C=O) groups is 2. The van der Waals surface area contributed by atoms with Crippen LogP contribution in [0.4, 0.5) is 10.5 Å². The summed E-state index contributed by atoms with van der Waals surface area (Å²) in [6.45, 7) is 1.94. The number of hydrogen-bond donors (Lipinski definition) is 2. The first-order valence-corrected chi connectivity index (χ1v) is 7.27. The van der Waals surface area contributed by atoms with Crippen molar-refractivity contribution in [3.05, 3.63) is 65.7 Å². The Balaban J connectivity index is 1.98. The average Bonchev–Trinajstić information content (AvgIpc) is 2.56. The highest BCUT2D eigenvalue weighted by Crippen LogP contribution is 2.16. The summed E-state index contributed by atoms with van der Waals surface area (Å²) in [5.41, 5.74) is 2.54. The van der Waals surface area contributed by atoms with E-state index in [4.69, 9.17) is 0 Å². The average molecular weight is 296 g/mol. The van der Waals surface area contributed by atoms with Crippen molar-refractivity contribution < 1.29 is 9.59 Å². The predicted molar refractivity (Wildman–Crippen MR) is 88.2 cm³/mol.